The van der Waals surface area contributed by atoms with E-state index in [0.717, 1.165) is 6.07 Å². The van der Waals surface area contributed by atoms with Gasteiger partial charge in [0, 0.05) is 15.6 Å². The number of nitrogens with one attached hydrogen (secondary N) is 2. The van der Waals surface area contributed by atoms with Gasteiger partial charge in [-0.05, 0) is 54.6 Å². The number of ether oxygens (including phenoxy) is 1. The molecule has 3 rings (SSSR count). The lowest BCUT2D eigenvalue weighted by Gasteiger charge is -2.13. The molecule has 0 heterocycles. The Balaban J connectivity index is 1.87. The number of methoxy groups -OCH3 is 1. The molecule has 0 aliphatic rings. The summed E-state index contributed by atoms with van der Waals surface area (Å²) in [6, 6.07) is 13.6. The van der Waals surface area contributed by atoms with Crippen LogP contribution < -0.4 is 14.8 Å². The molecular formula is C20H15Cl2FN2O4S. The molecule has 0 spiro atoms. The van der Waals surface area contributed by atoms with Crippen LogP contribution in [0.4, 0.5) is 15.8 Å². The predicted molar refractivity (Wildman–Crippen MR) is 115 cm³/mol. The first-order valence-corrected chi connectivity index (χ1v) is 10.7. The van der Waals surface area contributed by atoms with Crippen molar-refractivity contribution < 1.29 is 22.3 Å². The monoisotopic (exact) mass is 468 g/mol. The zero-order valence-electron chi connectivity index (χ0n) is 15.4. The summed E-state index contributed by atoms with van der Waals surface area (Å²) in [5, 5.41) is 2.88. The van der Waals surface area contributed by atoms with Gasteiger partial charge in [-0.25, -0.2) is 12.8 Å². The Hall–Kier alpha value is -2.81. The van der Waals surface area contributed by atoms with Crippen LogP contribution in [0.2, 0.25) is 10.0 Å². The second-order valence-corrected chi connectivity index (χ2v) is 8.61. The summed E-state index contributed by atoms with van der Waals surface area (Å²) in [7, 11) is -2.67. The van der Waals surface area contributed by atoms with Crippen LogP contribution in [0.5, 0.6) is 5.75 Å². The number of carbonyl (C=O) groups excluding carboxylic acids is 1. The number of sulfonamides is 1. The number of hydrogen-bond donors (Lipinski definition) is 2. The van der Waals surface area contributed by atoms with Crippen molar-refractivity contribution in [2.45, 2.75) is 4.90 Å². The normalized spacial score (nSPS) is 11.1. The van der Waals surface area contributed by atoms with E-state index in [-0.39, 0.29) is 32.6 Å². The minimum absolute atomic E-state index is 0.0188. The van der Waals surface area contributed by atoms with Crippen LogP contribution in [0.25, 0.3) is 0 Å². The molecule has 1 amide bonds. The van der Waals surface area contributed by atoms with Gasteiger partial charge in [0.05, 0.1) is 23.4 Å². The quantitative estimate of drug-likeness (QED) is 0.520. The van der Waals surface area contributed by atoms with E-state index in [1.54, 1.807) is 6.07 Å². The van der Waals surface area contributed by atoms with E-state index < -0.39 is 21.7 Å². The third-order valence-corrected chi connectivity index (χ3v) is 5.83. The first-order valence-electron chi connectivity index (χ1n) is 8.42. The van der Waals surface area contributed by atoms with Gasteiger partial charge in [0.1, 0.15) is 11.6 Å². The molecular weight excluding hydrogens is 454 g/mol. The molecule has 156 valence electrons. The molecule has 0 aromatic heterocycles. The predicted octanol–water partition coefficient (Wildman–Crippen LogP) is 5.19. The summed E-state index contributed by atoms with van der Waals surface area (Å²) in [4.78, 5) is 12.3. The Labute approximate surface area is 182 Å². The number of rotatable bonds is 6. The van der Waals surface area contributed by atoms with Gasteiger partial charge in [-0.15, -0.1) is 0 Å². The largest absolute Gasteiger partial charge is 0.495 e. The smallest absolute Gasteiger partial charge is 0.262 e. The molecule has 6 nitrogen and oxygen atoms in total. The fraction of sp³-hybridized carbons (Fsp3) is 0.0500. The molecule has 0 saturated carbocycles. The van der Waals surface area contributed by atoms with Gasteiger partial charge >= 0.3 is 0 Å². The number of benzene rings is 3. The molecule has 10 heteroatoms. The first kappa shape index (κ1) is 21.9. The number of anilines is 2. The van der Waals surface area contributed by atoms with Crippen LogP contribution in [0.1, 0.15) is 10.4 Å². The average Bonchev–Trinajstić information content (AvgIpc) is 2.70. The number of carbonyl (C=O) groups is 1. The maximum Gasteiger partial charge on any atom is 0.262 e. The van der Waals surface area contributed by atoms with Crippen molar-refractivity contribution in [2.24, 2.45) is 0 Å². The molecule has 30 heavy (non-hydrogen) atoms. The average molecular weight is 469 g/mol. The van der Waals surface area contributed by atoms with E-state index in [9.17, 15) is 17.6 Å². The third kappa shape index (κ3) is 5.02. The Morgan fingerprint density at radius 3 is 2.37 bits per heavy atom. The van der Waals surface area contributed by atoms with Crippen LogP contribution >= 0.6 is 23.2 Å². The molecule has 3 aromatic rings. The lowest BCUT2D eigenvalue weighted by Crippen LogP contribution is -2.16. The van der Waals surface area contributed by atoms with Gasteiger partial charge in [-0.1, -0.05) is 29.3 Å². The third-order valence-electron chi connectivity index (χ3n) is 3.99. The SMILES string of the molecule is COc1ccc(Cl)cc1NS(=O)(=O)c1cccc(C(=O)Nc2ccc(Cl)cc2F)c1. The van der Waals surface area contributed by atoms with Gasteiger partial charge in [0.25, 0.3) is 15.9 Å². The van der Waals surface area contributed by atoms with Gasteiger partial charge in [-0.2, -0.15) is 0 Å². The van der Waals surface area contributed by atoms with Crippen molar-refractivity contribution in [2.75, 3.05) is 17.1 Å². The number of hydrogen-bond acceptors (Lipinski definition) is 4. The lowest BCUT2D eigenvalue weighted by atomic mass is 10.2. The van der Waals surface area contributed by atoms with Crippen LogP contribution in [-0.2, 0) is 10.0 Å². The van der Waals surface area contributed by atoms with Crippen molar-refractivity contribution in [3.05, 3.63) is 82.1 Å². The van der Waals surface area contributed by atoms with Crippen LogP contribution in [0, 0.1) is 5.82 Å². The van der Waals surface area contributed by atoms with E-state index in [0.29, 0.717) is 5.02 Å². The number of halogens is 3. The van der Waals surface area contributed by atoms with Crippen LogP contribution in [0.15, 0.2) is 65.6 Å². The van der Waals surface area contributed by atoms with E-state index in [1.165, 1.54) is 55.6 Å². The highest BCUT2D eigenvalue weighted by Crippen LogP contribution is 2.30. The fourth-order valence-electron chi connectivity index (χ4n) is 2.55. The van der Waals surface area contributed by atoms with Crippen molar-refractivity contribution in [3.63, 3.8) is 0 Å². The molecule has 2 N–H and O–H groups in total. The zero-order valence-corrected chi connectivity index (χ0v) is 17.8. The molecule has 0 fully saturated rings. The van der Waals surface area contributed by atoms with Crippen LogP contribution in [-0.4, -0.2) is 21.4 Å². The molecule has 0 bridgehead atoms. The summed E-state index contributed by atoms with van der Waals surface area (Å²) in [5.41, 5.74) is 0.0767. The van der Waals surface area contributed by atoms with Crippen molar-refractivity contribution >= 4 is 50.5 Å². The lowest BCUT2D eigenvalue weighted by molar-refractivity contribution is 0.102. The summed E-state index contributed by atoms with van der Waals surface area (Å²) in [6.07, 6.45) is 0. The molecule has 0 aliphatic carbocycles. The fourth-order valence-corrected chi connectivity index (χ4v) is 3.99. The topological polar surface area (TPSA) is 84.5 Å². The first-order chi connectivity index (χ1) is 14.2. The van der Waals surface area contributed by atoms with E-state index in [1.807, 2.05) is 0 Å². The van der Waals surface area contributed by atoms with Gasteiger partial charge in [0.2, 0.25) is 0 Å². The van der Waals surface area contributed by atoms with Crippen molar-refractivity contribution in [3.8, 4) is 5.75 Å². The second kappa shape index (κ2) is 8.91. The molecule has 0 radical (unpaired) electrons. The highest BCUT2D eigenvalue weighted by atomic mass is 35.5. The summed E-state index contributed by atoms with van der Waals surface area (Å²) in [6.45, 7) is 0. The summed E-state index contributed by atoms with van der Waals surface area (Å²) >= 11 is 11.6. The van der Waals surface area contributed by atoms with E-state index in [2.05, 4.69) is 10.0 Å². The molecule has 0 unspecified atom stereocenters. The van der Waals surface area contributed by atoms with Gasteiger partial charge in [0.15, 0.2) is 0 Å². The Morgan fingerprint density at radius 1 is 0.967 bits per heavy atom. The number of amides is 1. The molecule has 3 aromatic carbocycles. The Kier molecular flexibility index (Phi) is 6.50. The highest BCUT2D eigenvalue weighted by Gasteiger charge is 2.19. The molecule has 0 aliphatic heterocycles. The van der Waals surface area contributed by atoms with Crippen LogP contribution in [0.3, 0.4) is 0 Å². The van der Waals surface area contributed by atoms with E-state index >= 15 is 0 Å². The van der Waals surface area contributed by atoms with Gasteiger partial charge in [-0.3, -0.25) is 9.52 Å². The maximum absolute atomic E-state index is 13.9. The van der Waals surface area contributed by atoms with Crippen molar-refractivity contribution in [1.29, 1.82) is 0 Å². The maximum atomic E-state index is 13.9. The minimum atomic E-state index is -4.07. The zero-order chi connectivity index (χ0) is 21.9. The van der Waals surface area contributed by atoms with E-state index in [4.69, 9.17) is 27.9 Å². The Morgan fingerprint density at radius 2 is 1.67 bits per heavy atom. The van der Waals surface area contributed by atoms with Crippen molar-refractivity contribution in [1.82, 2.24) is 0 Å². The Bertz CT molecular complexity index is 1220. The summed E-state index contributed by atoms with van der Waals surface area (Å²) in [5.74, 6) is -1.13. The highest BCUT2D eigenvalue weighted by molar-refractivity contribution is 7.92. The van der Waals surface area contributed by atoms with Gasteiger partial charge < -0.3 is 10.1 Å². The summed E-state index contributed by atoms with van der Waals surface area (Å²) < 4.78 is 47.0. The minimum Gasteiger partial charge on any atom is -0.495 e. The standard InChI is InChI=1S/C20H15Cl2FN2O4S/c1-29-19-8-6-14(22)11-18(19)25-30(27,28)15-4-2-3-12(9-15)20(26)24-17-7-5-13(21)10-16(17)23/h2-11,25H,1H3,(H,24,26). The molecule has 0 saturated heterocycles. The molecule has 0 atom stereocenters. The second-order valence-electron chi connectivity index (χ2n) is 6.06.